The van der Waals surface area contributed by atoms with E-state index in [0.717, 1.165) is 9.13 Å². The van der Waals surface area contributed by atoms with Crippen LogP contribution in [0.2, 0.25) is 0 Å². The number of rotatable bonds is 3. The first-order valence-electron chi connectivity index (χ1n) is 4.60. The van der Waals surface area contributed by atoms with Gasteiger partial charge in [-0.3, -0.25) is 0 Å². The lowest BCUT2D eigenvalue weighted by Crippen LogP contribution is -2.32. The predicted molar refractivity (Wildman–Crippen MR) is 67.0 cm³/mol. The van der Waals surface area contributed by atoms with E-state index in [-0.39, 0.29) is 18.1 Å². The van der Waals surface area contributed by atoms with Crippen molar-refractivity contribution >= 4 is 22.6 Å². The van der Waals surface area contributed by atoms with Crippen molar-refractivity contribution in [3.63, 3.8) is 0 Å². The van der Waals surface area contributed by atoms with Crippen LogP contribution in [0.25, 0.3) is 0 Å². The molecule has 3 N–H and O–H groups in total. The van der Waals surface area contributed by atoms with Crippen LogP contribution in [0.4, 0.5) is 0 Å². The van der Waals surface area contributed by atoms with Crippen LogP contribution >= 0.6 is 22.6 Å². The Bertz CT molecular complexity index is 312. The van der Waals surface area contributed by atoms with Gasteiger partial charge >= 0.3 is 0 Å². The quantitative estimate of drug-likeness (QED) is 0.842. The van der Waals surface area contributed by atoms with Crippen molar-refractivity contribution in [1.82, 2.24) is 0 Å². The Balaban J connectivity index is 3.00. The molecule has 0 bridgehead atoms. The average Bonchev–Trinajstić information content (AvgIpc) is 2.17. The van der Waals surface area contributed by atoms with Gasteiger partial charge in [0.15, 0.2) is 0 Å². The zero-order valence-corrected chi connectivity index (χ0v) is 10.7. The van der Waals surface area contributed by atoms with Crippen molar-refractivity contribution in [1.29, 1.82) is 0 Å². The Hall–Kier alpha value is -0.130. The Labute approximate surface area is 98.7 Å². The van der Waals surface area contributed by atoms with Crippen LogP contribution in [0, 0.1) is 8.99 Å². The van der Waals surface area contributed by atoms with E-state index in [1.165, 1.54) is 0 Å². The number of hydrogen-bond acceptors (Lipinski definition) is 2. The highest BCUT2D eigenvalue weighted by molar-refractivity contribution is 14.1. The van der Waals surface area contributed by atoms with Gasteiger partial charge < -0.3 is 10.8 Å². The van der Waals surface area contributed by atoms with Gasteiger partial charge in [0.05, 0.1) is 0 Å². The molecule has 78 valence electrons. The maximum Gasteiger partial charge on any atom is 0.0500 e. The second-order valence-electron chi connectivity index (χ2n) is 4.15. The minimum absolute atomic E-state index is 0.0964. The number of aliphatic hydroxyl groups is 1. The first-order chi connectivity index (χ1) is 6.49. The van der Waals surface area contributed by atoms with E-state index in [4.69, 9.17) is 5.73 Å². The zero-order valence-electron chi connectivity index (χ0n) is 8.50. The molecule has 0 saturated heterocycles. The molecule has 0 aliphatic heterocycles. The molecule has 0 aliphatic rings. The highest BCUT2D eigenvalue weighted by Crippen LogP contribution is 2.32. The van der Waals surface area contributed by atoms with Gasteiger partial charge in [-0.05, 0) is 34.2 Å². The Morgan fingerprint density at radius 1 is 1.43 bits per heavy atom. The number of nitrogens with two attached hydrogens (primary N) is 1. The highest BCUT2D eigenvalue weighted by atomic mass is 127. The van der Waals surface area contributed by atoms with Gasteiger partial charge in [-0.1, -0.05) is 32.0 Å². The van der Waals surface area contributed by atoms with E-state index < -0.39 is 0 Å². The molecule has 0 spiro atoms. The molecule has 0 fully saturated rings. The number of aliphatic hydroxyl groups excluding tert-OH is 1. The van der Waals surface area contributed by atoms with Gasteiger partial charge in [0.2, 0.25) is 0 Å². The Kier molecular flexibility index (Phi) is 3.92. The Morgan fingerprint density at radius 2 is 2.00 bits per heavy atom. The molecular formula is C11H16INO. The Morgan fingerprint density at radius 3 is 2.50 bits per heavy atom. The molecule has 0 heterocycles. The van der Waals surface area contributed by atoms with Crippen molar-refractivity contribution in [2.45, 2.75) is 19.9 Å². The summed E-state index contributed by atoms with van der Waals surface area (Å²) < 4.78 is 1.15. The van der Waals surface area contributed by atoms with Gasteiger partial charge in [0.25, 0.3) is 0 Å². The lowest BCUT2D eigenvalue weighted by molar-refractivity contribution is 0.132. The largest absolute Gasteiger partial charge is 0.396 e. The average molecular weight is 305 g/mol. The normalized spacial score (nSPS) is 14.1. The number of benzene rings is 1. The van der Waals surface area contributed by atoms with Crippen molar-refractivity contribution in [3.8, 4) is 0 Å². The van der Waals surface area contributed by atoms with Crippen LogP contribution < -0.4 is 5.73 Å². The third kappa shape index (κ3) is 2.46. The van der Waals surface area contributed by atoms with E-state index in [2.05, 4.69) is 22.6 Å². The molecular weight excluding hydrogens is 289 g/mol. The second kappa shape index (κ2) is 4.59. The van der Waals surface area contributed by atoms with Crippen LogP contribution in [-0.2, 0) is 0 Å². The fourth-order valence-corrected chi connectivity index (χ4v) is 1.97. The van der Waals surface area contributed by atoms with E-state index in [1.54, 1.807) is 0 Å². The summed E-state index contributed by atoms with van der Waals surface area (Å²) in [5, 5.41) is 9.23. The fourth-order valence-electron chi connectivity index (χ4n) is 1.25. The summed E-state index contributed by atoms with van der Waals surface area (Å²) in [6.07, 6.45) is 0. The van der Waals surface area contributed by atoms with E-state index >= 15 is 0 Å². The molecule has 1 aromatic carbocycles. The molecule has 0 aromatic heterocycles. The summed E-state index contributed by atoms with van der Waals surface area (Å²) in [7, 11) is 0. The SMILES string of the molecule is CC(C)(CO)[C@@H](N)c1ccccc1I. The summed E-state index contributed by atoms with van der Waals surface area (Å²) in [6, 6.07) is 7.89. The summed E-state index contributed by atoms with van der Waals surface area (Å²) in [4.78, 5) is 0. The third-order valence-corrected chi connectivity index (χ3v) is 3.47. The van der Waals surface area contributed by atoms with Gasteiger partial charge in [0, 0.05) is 21.6 Å². The zero-order chi connectivity index (χ0) is 10.8. The second-order valence-corrected chi connectivity index (χ2v) is 5.31. The van der Waals surface area contributed by atoms with Crippen LogP contribution in [0.1, 0.15) is 25.5 Å². The van der Waals surface area contributed by atoms with Crippen LogP contribution in [0.15, 0.2) is 24.3 Å². The summed E-state index contributed by atoms with van der Waals surface area (Å²) >= 11 is 2.27. The smallest absolute Gasteiger partial charge is 0.0500 e. The van der Waals surface area contributed by atoms with E-state index in [1.807, 2.05) is 38.1 Å². The molecule has 3 heteroatoms. The van der Waals surface area contributed by atoms with Crippen molar-refractivity contribution in [3.05, 3.63) is 33.4 Å². The monoisotopic (exact) mass is 305 g/mol. The minimum atomic E-state index is -0.277. The predicted octanol–water partition coefficient (Wildman–Crippen LogP) is 2.31. The molecule has 1 aromatic rings. The number of hydrogen-bond donors (Lipinski definition) is 2. The van der Waals surface area contributed by atoms with Gasteiger partial charge in [0.1, 0.15) is 0 Å². The van der Waals surface area contributed by atoms with E-state index in [9.17, 15) is 5.11 Å². The highest BCUT2D eigenvalue weighted by Gasteiger charge is 2.27. The van der Waals surface area contributed by atoms with Gasteiger partial charge in [-0.25, -0.2) is 0 Å². The number of halogens is 1. The molecule has 0 unspecified atom stereocenters. The summed E-state index contributed by atoms with van der Waals surface area (Å²) in [6.45, 7) is 4.04. The fraction of sp³-hybridized carbons (Fsp3) is 0.455. The molecule has 0 amide bonds. The van der Waals surface area contributed by atoms with Crippen LogP contribution in [0.5, 0.6) is 0 Å². The van der Waals surface area contributed by atoms with Gasteiger partial charge in [-0.2, -0.15) is 0 Å². The maximum atomic E-state index is 9.23. The molecule has 1 rings (SSSR count). The maximum absolute atomic E-state index is 9.23. The van der Waals surface area contributed by atoms with Gasteiger partial charge in [-0.15, -0.1) is 0 Å². The molecule has 0 radical (unpaired) electrons. The van der Waals surface area contributed by atoms with E-state index in [0.29, 0.717) is 0 Å². The third-order valence-electron chi connectivity index (χ3n) is 2.49. The summed E-state index contributed by atoms with van der Waals surface area (Å²) in [5.74, 6) is 0. The molecule has 1 atom stereocenters. The molecule has 0 saturated carbocycles. The topological polar surface area (TPSA) is 46.2 Å². The molecule has 14 heavy (non-hydrogen) atoms. The molecule has 0 aliphatic carbocycles. The first-order valence-corrected chi connectivity index (χ1v) is 5.68. The van der Waals surface area contributed by atoms with Crippen LogP contribution in [0.3, 0.4) is 0 Å². The molecule has 2 nitrogen and oxygen atoms in total. The lowest BCUT2D eigenvalue weighted by atomic mass is 9.82. The summed E-state index contributed by atoms with van der Waals surface area (Å²) in [5.41, 5.74) is 6.95. The van der Waals surface area contributed by atoms with Crippen molar-refractivity contribution in [2.75, 3.05) is 6.61 Å². The van der Waals surface area contributed by atoms with Crippen molar-refractivity contribution < 1.29 is 5.11 Å². The standard InChI is InChI=1S/C11H16INO/c1-11(2,7-14)10(13)8-5-3-4-6-9(8)12/h3-6,10,14H,7,13H2,1-2H3/t10-/m0/s1. The van der Waals surface area contributed by atoms with Crippen molar-refractivity contribution in [2.24, 2.45) is 11.1 Å². The first kappa shape index (κ1) is 11.9. The van der Waals surface area contributed by atoms with Crippen LogP contribution in [-0.4, -0.2) is 11.7 Å². The lowest BCUT2D eigenvalue weighted by Gasteiger charge is -2.30. The minimum Gasteiger partial charge on any atom is -0.396 e.